The third kappa shape index (κ3) is 3.86. The molecule has 0 radical (unpaired) electrons. The molecule has 2 atom stereocenters. The monoisotopic (exact) mass is 336 g/mol. The van der Waals surface area contributed by atoms with Gasteiger partial charge >= 0.3 is 0 Å². The second kappa shape index (κ2) is 7.52. The minimum atomic E-state index is 0. The molecule has 0 aliphatic carbocycles. The molecule has 23 heavy (non-hydrogen) atoms. The lowest BCUT2D eigenvalue weighted by molar-refractivity contribution is -0.132. The van der Waals surface area contributed by atoms with Crippen LogP contribution in [0.2, 0.25) is 0 Å². The smallest absolute Gasteiger partial charge is 0.246 e. The Labute approximate surface area is 141 Å². The maximum Gasteiger partial charge on any atom is 0.246 e. The van der Waals surface area contributed by atoms with Crippen molar-refractivity contribution in [1.82, 2.24) is 25.1 Å². The molecule has 0 saturated carbocycles. The number of carbonyl (C=O) groups is 1. The number of benzene rings is 1. The van der Waals surface area contributed by atoms with Crippen LogP contribution in [-0.2, 0) is 11.3 Å². The molecule has 0 bridgehead atoms. The maximum absolute atomic E-state index is 12.4. The highest BCUT2D eigenvalue weighted by atomic mass is 35.5. The predicted molar refractivity (Wildman–Crippen MR) is 88.8 cm³/mol. The highest BCUT2D eigenvalue weighted by Crippen LogP contribution is 2.22. The lowest BCUT2D eigenvalue weighted by atomic mass is 10.1. The van der Waals surface area contributed by atoms with Gasteiger partial charge < -0.3 is 10.6 Å². The maximum atomic E-state index is 12.4. The van der Waals surface area contributed by atoms with E-state index in [1.54, 1.807) is 0 Å². The average Bonchev–Trinajstić information content (AvgIpc) is 3.14. The lowest BCUT2D eigenvalue weighted by Crippen LogP contribution is -2.37. The molecule has 1 saturated heterocycles. The van der Waals surface area contributed by atoms with E-state index in [4.69, 9.17) is 5.73 Å². The van der Waals surface area contributed by atoms with Gasteiger partial charge in [-0.3, -0.25) is 4.79 Å². The Kier molecular flexibility index (Phi) is 5.68. The summed E-state index contributed by atoms with van der Waals surface area (Å²) >= 11 is 0. The average molecular weight is 337 g/mol. The van der Waals surface area contributed by atoms with Crippen LogP contribution in [0.15, 0.2) is 30.3 Å². The summed E-state index contributed by atoms with van der Waals surface area (Å²) in [5, 5.41) is 12.3. The summed E-state index contributed by atoms with van der Waals surface area (Å²) in [7, 11) is 0. The van der Waals surface area contributed by atoms with Crippen LogP contribution in [0.4, 0.5) is 0 Å². The number of rotatable bonds is 4. The molecule has 1 fully saturated rings. The zero-order valence-corrected chi connectivity index (χ0v) is 13.8. The molecule has 1 amide bonds. The molecular weight excluding hydrogens is 316 g/mol. The summed E-state index contributed by atoms with van der Waals surface area (Å²) in [6.07, 6.45) is 0.961. The Morgan fingerprint density at radius 1 is 1.35 bits per heavy atom. The molecule has 1 aromatic heterocycles. The quantitative estimate of drug-likeness (QED) is 0.898. The number of tetrazole rings is 1. The van der Waals surface area contributed by atoms with Crippen LogP contribution in [-0.4, -0.2) is 50.1 Å². The first-order valence-corrected chi connectivity index (χ1v) is 7.50. The third-order valence-electron chi connectivity index (χ3n) is 4.08. The fourth-order valence-electron chi connectivity index (χ4n) is 2.89. The van der Waals surface area contributed by atoms with E-state index in [0.29, 0.717) is 18.3 Å². The number of carbonyl (C=O) groups excluding carboxylic acids is 1. The van der Waals surface area contributed by atoms with Gasteiger partial charge in [-0.1, -0.05) is 30.3 Å². The Hall–Kier alpha value is -1.99. The first kappa shape index (κ1) is 17.4. The predicted octanol–water partition coefficient (Wildman–Crippen LogP) is 0.958. The molecule has 8 heteroatoms. The number of aromatic nitrogens is 4. The highest BCUT2D eigenvalue weighted by Gasteiger charge is 2.31. The van der Waals surface area contributed by atoms with Crippen LogP contribution >= 0.6 is 12.4 Å². The van der Waals surface area contributed by atoms with Crippen LogP contribution in [0.5, 0.6) is 0 Å². The van der Waals surface area contributed by atoms with Gasteiger partial charge in [0.15, 0.2) is 0 Å². The van der Waals surface area contributed by atoms with Crippen LogP contribution in [0, 0.1) is 5.92 Å². The SMILES string of the molecule is CC1CC(CN)CN1C(=O)Cn1nnc(-c2ccccc2)n1.Cl. The minimum absolute atomic E-state index is 0. The summed E-state index contributed by atoms with van der Waals surface area (Å²) in [6.45, 7) is 3.50. The molecule has 3 rings (SSSR count). The van der Waals surface area contributed by atoms with E-state index in [1.165, 1.54) is 4.80 Å². The topological polar surface area (TPSA) is 89.9 Å². The van der Waals surface area contributed by atoms with Crippen molar-refractivity contribution in [1.29, 1.82) is 0 Å². The number of hydrogen-bond acceptors (Lipinski definition) is 5. The molecule has 2 aromatic rings. The van der Waals surface area contributed by atoms with E-state index < -0.39 is 0 Å². The van der Waals surface area contributed by atoms with Gasteiger partial charge in [0.2, 0.25) is 11.7 Å². The van der Waals surface area contributed by atoms with Gasteiger partial charge in [-0.25, -0.2) is 0 Å². The number of nitrogens with zero attached hydrogens (tertiary/aromatic N) is 5. The Balaban J connectivity index is 0.00000192. The van der Waals surface area contributed by atoms with Crippen LogP contribution in [0.3, 0.4) is 0 Å². The Morgan fingerprint density at radius 2 is 2.09 bits per heavy atom. The summed E-state index contributed by atoms with van der Waals surface area (Å²) in [5.74, 6) is 0.936. The summed E-state index contributed by atoms with van der Waals surface area (Å²) in [4.78, 5) is 15.6. The lowest BCUT2D eigenvalue weighted by Gasteiger charge is -2.20. The van der Waals surface area contributed by atoms with Crippen molar-refractivity contribution in [2.24, 2.45) is 11.7 Å². The fourth-order valence-corrected chi connectivity index (χ4v) is 2.89. The van der Waals surface area contributed by atoms with E-state index in [1.807, 2.05) is 35.2 Å². The van der Waals surface area contributed by atoms with E-state index in [-0.39, 0.29) is 30.9 Å². The third-order valence-corrected chi connectivity index (χ3v) is 4.08. The van der Waals surface area contributed by atoms with Crippen molar-refractivity contribution in [2.75, 3.05) is 13.1 Å². The van der Waals surface area contributed by atoms with Crippen molar-refractivity contribution in [3.63, 3.8) is 0 Å². The molecular formula is C15H21ClN6O. The molecule has 2 heterocycles. The van der Waals surface area contributed by atoms with Crippen LogP contribution in [0.1, 0.15) is 13.3 Å². The van der Waals surface area contributed by atoms with Crippen molar-refractivity contribution in [2.45, 2.75) is 25.9 Å². The van der Waals surface area contributed by atoms with Crippen molar-refractivity contribution >= 4 is 18.3 Å². The van der Waals surface area contributed by atoms with Gasteiger partial charge in [0.25, 0.3) is 0 Å². The van der Waals surface area contributed by atoms with Crippen LogP contribution < -0.4 is 5.73 Å². The molecule has 2 unspecified atom stereocenters. The van der Waals surface area contributed by atoms with E-state index in [0.717, 1.165) is 18.5 Å². The van der Waals surface area contributed by atoms with Gasteiger partial charge in [0, 0.05) is 18.2 Å². The Morgan fingerprint density at radius 3 is 2.74 bits per heavy atom. The molecule has 7 nitrogen and oxygen atoms in total. The van der Waals surface area contributed by atoms with E-state index in [9.17, 15) is 4.79 Å². The molecule has 1 aromatic carbocycles. The molecule has 1 aliphatic rings. The fraction of sp³-hybridized carbons (Fsp3) is 0.467. The summed E-state index contributed by atoms with van der Waals surface area (Å²) in [5.41, 5.74) is 6.59. The van der Waals surface area contributed by atoms with Gasteiger partial charge in [-0.2, -0.15) is 4.80 Å². The van der Waals surface area contributed by atoms with Gasteiger partial charge in [0.1, 0.15) is 6.54 Å². The number of likely N-dealkylation sites (tertiary alicyclic amines) is 1. The Bertz CT molecular complexity index is 646. The standard InChI is InChI=1S/C15H20N6O.ClH/c1-11-7-12(8-16)9-20(11)14(22)10-21-18-15(17-19-21)13-5-3-2-4-6-13;/h2-6,11-12H,7-10,16H2,1H3;1H. The summed E-state index contributed by atoms with van der Waals surface area (Å²) < 4.78 is 0. The molecule has 1 aliphatic heterocycles. The summed E-state index contributed by atoms with van der Waals surface area (Å²) in [6, 6.07) is 9.81. The van der Waals surface area contributed by atoms with Gasteiger partial charge in [0.05, 0.1) is 0 Å². The van der Waals surface area contributed by atoms with Crippen molar-refractivity contribution < 1.29 is 4.79 Å². The number of hydrogen-bond donors (Lipinski definition) is 1. The van der Waals surface area contributed by atoms with E-state index >= 15 is 0 Å². The second-order valence-corrected chi connectivity index (χ2v) is 5.74. The first-order valence-electron chi connectivity index (χ1n) is 7.50. The van der Waals surface area contributed by atoms with Crippen molar-refractivity contribution in [3.8, 4) is 11.4 Å². The van der Waals surface area contributed by atoms with Gasteiger partial charge in [-0.05, 0) is 31.0 Å². The second-order valence-electron chi connectivity index (χ2n) is 5.74. The zero-order valence-electron chi connectivity index (χ0n) is 13.0. The first-order chi connectivity index (χ1) is 10.7. The van der Waals surface area contributed by atoms with Crippen molar-refractivity contribution in [3.05, 3.63) is 30.3 Å². The number of halogens is 1. The zero-order chi connectivity index (χ0) is 15.5. The molecule has 2 N–H and O–H groups in total. The van der Waals surface area contributed by atoms with Gasteiger partial charge in [-0.15, -0.1) is 22.6 Å². The highest BCUT2D eigenvalue weighted by molar-refractivity contribution is 5.85. The number of nitrogens with two attached hydrogens (primary N) is 1. The molecule has 124 valence electrons. The van der Waals surface area contributed by atoms with Crippen LogP contribution in [0.25, 0.3) is 11.4 Å². The largest absolute Gasteiger partial charge is 0.338 e. The van der Waals surface area contributed by atoms with E-state index in [2.05, 4.69) is 22.3 Å². The minimum Gasteiger partial charge on any atom is -0.338 e. The normalized spacial score (nSPS) is 20.3. The number of amides is 1. The molecule has 0 spiro atoms.